The molecule has 0 fully saturated rings. The lowest BCUT2D eigenvalue weighted by atomic mass is 10.1. The van der Waals surface area contributed by atoms with E-state index < -0.39 is 5.91 Å². The van der Waals surface area contributed by atoms with Gasteiger partial charge in [0.05, 0.1) is 16.3 Å². The van der Waals surface area contributed by atoms with Crippen LogP contribution < -0.4 is 15.5 Å². The van der Waals surface area contributed by atoms with Gasteiger partial charge in [-0.15, -0.1) is 0 Å². The zero-order valence-electron chi connectivity index (χ0n) is 16.0. The number of nitrogens with one attached hydrogen (secondary N) is 2. The molecule has 0 aliphatic rings. The third-order valence-electron chi connectivity index (χ3n) is 4.37. The predicted octanol–water partition coefficient (Wildman–Crippen LogP) is 5.63. The van der Waals surface area contributed by atoms with Crippen molar-refractivity contribution in [3.63, 3.8) is 0 Å². The Kier molecular flexibility index (Phi) is 6.52. The van der Waals surface area contributed by atoms with Crippen LogP contribution in [-0.2, 0) is 6.54 Å². The van der Waals surface area contributed by atoms with Gasteiger partial charge in [-0.2, -0.15) is 0 Å². The molecule has 5 nitrogen and oxygen atoms in total. The van der Waals surface area contributed by atoms with Gasteiger partial charge < -0.3 is 20.6 Å². The predicted molar refractivity (Wildman–Crippen MR) is 121 cm³/mol. The van der Waals surface area contributed by atoms with Crippen LogP contribution in [0.4, 0.5) is 17.1 Å². The number of anilines is 3. The van der Waals surface area contributed by atoms with Crippen LogP contribution in [0, 0.1) is 0 Å². The highest BCUT2D eigenvalue weighted by Crippen LogP contribution is 2.28. The van der Waals surface area contributed by atoms with Gasteiger partial charge in [0.1, 0.15) is 5.75 Å². The van der Waals surface area contributed by atoms with Gasteiger partial charge in [-0.05, 0) is 54.1 Å². The third-order valence-corrected chi connectivity index (χ3v) is 4.92. The summed E-state index contributed by atoms with van der Waals surface area (Å²) in [5.41, 5.74) is 3.63. The summed E-state index contributed by atoms with van der Waals surface area (Å²) in [6.45, 7) is 0.645. The lowest BCUT2D eigenvalue weighted by molar-refractivity contribution is 0.102. The van der Waals surface area contributed by atoms with Crippen LogP contribution in [0.15, 0.2) is 60.7 Å². The Morgan fingerprint density at radius 3 is 2.38 bits per heavy atom. The fourth-order valence-corrected chi connectivity index (χ4v) is 3.12. The van der Waals surface area contributed by atoms with Crippen molar-refractivity contribution in [1.82, 2.24) is 0 Å². The van der Waals surface area contributed by atoms with Crippen LogP contribution in [0.25, 0.3) is 0 Å². The van der Waals surface area contributed by atoms with Crippen LogP contribution in [0.5, 0.6) is 5.75 Å². The number of nitrogens with zero attached hydrogens (tertiary/aromatic N) is 1. The maximum absolute atomic E-state index is 12.4. The van der Waals surface area contributed by atoms with Crippen molar-refractivity contribution in [2.75, 3.05) is 29.6 Å². The number of amides is 1. The quantitative estimate of drug-likeness (QED) is 0.474. The highest BCUT2D eigenvalue weighted by atomic mass is 35.5. The minimum Gasteiger partial charge on any atom is -0.507 e. The number of hydrogen-bond donors (Lipinski definition) is 3. The zero-order chi connectivity index (χ0) is 21.0. The molecule has 29 heavy (non-hydrogen) atoms. The average molecular weight is 430 g/mol. The minimum atomic E-state index is -0.492. The Morgan fingerprint density at radius 1 is 1.00 bits per heavy atom. The van der Waals surface area contributed by atoms with Crippen LogP contribution >= 0.6 is 23.2 Å². The number of phenols is 1. The van der Waals surface area contributed by atoms with Gasteiger partial charge in [0.2, 0.25) is 0 Å². The highest BCUT2D eigenvalue weighted by Gasteiger charge is 2.13. The van der Waals surface area contributed by atoms with Crippen molar-refractivity contribution in [2.45, 2.75) is 6.54 Å². The number of rotatable bonds is 6. The summed E-state index contributed by atoms with van der Waals surface area (Å²) in [4.78, 5) is 14.5. The number of benzene rings is 3. The topological polar surface area (TPSA) is 64.6 Å². The number of hydrogen-bond acceptors (Lipinski definition) is 4. The molecule has 0 aliphatic heterocycles. The molecule has 3 rings (SSSR count). The average Bonchev–Trinajstić information content (AvgIpc) is 2.70. The van der Waals surface area contributed by atoms with Crippen molar-refractivity contribution in [1.29, 1.82) is 0 Å². The van der Waals surface area contributed by atoms with Gasteiger partial charge in [0.25, 0.3) is 5.91 Å². The van der Waals surface area contributed by atoms with E-state index in [1.165, 1.54) is 18.2 Å². The molecule has 0 radical (unpaired) electrons. The molecule has 0 bridgehead atoms. The second kappa shape index (κ2) is 9.07. The smallest absolute Gasteiger partial charge is 0.259 e. The number of halogens is 2. The van der Waals surface area contributed by atoms with Gasteiger partial charge >= 0.3 is 0 Å². The number of carbonyl (C=O) groups excluding carboxylic acids is 1. The summed E-state index contributed by atoms with van der Waals surface area (Å²) in [6.07, 6.45) is 0. The summed E-state index contributed by atoms with van der Waals surface area (Å²) in [5, 5.41) is 16.6. The summed E-state index contributed by atoms with van der Waals surface area (Å²) in [7, 11) is 4.01. The SMILES string of the molecule is CN(C)c1ccc(CNc2ccc(NC(=O)c3cc(Cl)ccc3O)c(Cl)c2)cc1. The van der Waals surface area contributed by atoms with E-state index in [1.807, 2.05) is 25.1 Å². The van der Waals surface area contributed by atoms with Crippen LogP contribution in [0.2, 0.25) is 10.0 Å². The van der Waals surface area contributed by atoms with Gasteiger partial charge in [0, 0.05) is 37.0 Å². The number of aromatic hydroxyl groups is 1. The van der Waals surface area contributed by atoms with Crippen molar-refractivity contribution < 1.29 is 9.90 Å². The molecule has 3 aromatic carbocycles. The first kappa shape index (κ1) is 20.8. The highest BCUT2D eigenvalue weighted by molar-refractivity contribution is 6.34. The molecule has 0 saturated heterocycles. The summed E-state index contributed by atoms with van der Waals surface area (Å²) in [5.74, 6) is -0.643. The Hall–Kier alpha value is -2.89. The monoisotopic (exact) mass is 429 g/mol. The molecule has 0 atom stereocenters. The third kappa shape index (κ3) is 5.34. The lowest BCUT2D eigenvalue weighted by Gasteiger charge is -2.14. The van der Waals surface area contributed by atoms with E-state index in [-0.39, 0.29) is 11.3 Å². The van der Waals surface area contributed by atoms with Crippen LogP contribution in [0.1, 0.15) is 15.9 Å². The molecule has 1 amide bonds. The van der Waals surface area contributed by atoms with E-state index in [0.29, 0.717) is 22.3 Å². The zero-order valence-corrected chi connectivity index (χ0v) is 17.6. The van der Waals surface area contributed by atoms with Crippen molar-refractivity contribution in [3.8, 4) is 5.75 Å². The molecule has 0 aliphatic carbocycles. The Balaban J connectivity index is 1.65. The van der Waals surface area contributed by atoms with E-state index in [9.17, 15) is 9.90 Å². The van der Waals surface area contributed by atoms with Crippen molar-refractivity contribution in [3.05, 3.63) is 81.8 Å². The maximum atomic E-state index is 12.4. The molecule has 0 spiro atoms. The summed E-state index contributed by atoms with van der Waals surface area (Å²) in [6, 6.07) is 17.8. The molecule has 0 heterocycles. The van der Waals surface area contributed by atoms with Gasteiger partial charge in [-0.25, -0.2) is 0 Å². The van der Waals surface area contributed by atoms with Gasteiger partial charge in [-0.3, -0.25) is 4.79 Å². The standard InChI is InChI=1S/C22H21Cl2N3O2/c1-27(2)17-7-3-14(4-8-17)13-25-16-6-9-20(19(24)12-16)26-22(29)18-11-15(23)5-10-21(18)28/h3-12,25,28H,13H2,1-2H3,(H,26,29). The largest absolute Gasteiger partial charge is 0.507 e. The molecule has 0 unspecified atom stereocenters. The van der Waals surface area contributed by atoms with E-state index >= 15 is 0 Å². The normalized spacial score (nSPS) is 10.5. The fraction of sp³-hybridized carbons (Fsp3) is 0.136. The van der Waals surface area contributed by atoms with E-state index in [4.69, 9.17) is 23.2 Å². The molecular weight excluding hydrogens is 409 g/mol. The summed E-state index contributed by atoms with van der Waals surface area (Å²) >= 11 is 12.2. The van der Waals surface area contributed by atoms with Crippen LogP contribution in [0.3, 0.4) is 0 Å². The first-order chi connectivity index (χ1) is 13.8. The molecule has 3 N–H and O–H groups in total. The van der Waals surface area contributed by atoms with E-state index in [1.54, 1.807) is 12.1 Å². The Bertz CT molecular complexity index is 1020. The Labute approximate surface area is 179 Å². The van der Waals surface area contributed by atoms with E-state index in [2.05, 4.69) is 34.9 Å². The first-order valence-corrected chi connectivity index (χ1v) is 9.68. The number of phenolic OH excluding ortho intramolecular Hbond substituents is 1. The van der Waals surface area contributed by atoms with Gasteiger partial charge in [0.15, 0.2) is 0 Å². The molecule has 7 heteroatoms. The maximum Gasteiger partial charge on any atom is 0.259 e. The van der Waals surface area contributed by atoms with Crippen molar-refractivity contribution >= 4 is 46.2 Å². The second-order valence-electron chi connectivity index (χ2n) is 6.72. The first-order valence-electron chi connectivity index (χ1n) is 8.93. The molecule has 150 valence electrons. The summed E-state index contributed by atoms with van der Waals surface area (Å²) < 4.78 is 0. The number of carbonyl (C=O) groups is 1. The minimum absolute atomic E-state index is 0.0805. The second-order valence-corrected chi connectivity index (χ2v) is 7.57. The molecular formula is C22H21Cl2N3O2. The Morgan fingerprint density at radius 2 is 1.72 bits per heavy atom. The lowest BCUT2D eigenvalue weighted by Crippen LogP contribution is -2.12. The molecule has 3 aromatic rings. The van der Waals surface area contributed by atoms with Crippen LogP contribution in [-0.4, -0.2) is 25.1 Å². The molecule has 0 aromatic heterocycles. The fourth-order valence-electron chi connectivity index (χ4n) is 2.72. The van der Waals surface area contributed by atoms with Gasteiger partial charge in [-0.1, -0.05) is 35.3 Å². The van der Waals surface area contributed by atoms with Crippen molar-refractivity contribution in [2.24, 2.45) is 0 Å². The van der Waals surface area contributed by atoms with E-state index in [0.717, 1.165) is 16.9 Å². The molecule has 0 saturated carbocycles.